The van der Waals surface area contributed by atoms with Gasteiger partial charge in [-0.1, -0.05) is 85.5 Å². The van der Waals surface area contributed by atoms with Gasteiger partial charge < -0.3 is 0 Å². The Labute approximate surface area is 170 Å². The normalized spacial score (nSPS) is 11.3. The van der Waals surface area contributed by atoms with Gasteiger partial charge in [-0.2, -0.15) is 0 Å². The molecule has 0 bridgehead atoms. The molecule has 0 N–H and O–H groups in total. The van der Waals surface area contributed by atoms with Gasteiger partial charge in [-0.05, 0) is 50.5 Å². The summed E-state index contributed by atoms with van der Waals surface area (Å²) in [6.07, 6.45) is 21.5. The van der Waals surface area contributed by atoms with Crippen molar-refractivity contribution in [2.24, 2.45) is 0 Å². The van der Waals surface area contributed by atoms with Crippen LogP contribution in [0, 0.1) is 0 Å². The van der Waals surface area contributed by atoms with Crippen molar-refractivity contribution in [3.05, 3.63) is 22.8 Å². The maximum absolute atomic E-state index is 5.05. The number of aryl methyl sites for hydroxylation is 3. The Hall–Kier alpha value is -0.920. The second-order valence-electron chi connectivity index (χ2n) is 8.19. The van der Waals surface area contributed by atoms with E-state index >= 15 is 0 Å². The number of nitrogens with zero attached hydrogens (tertiary/aromatic N) is 2. The number of rotatable bonds is 17. The zero-order valence-electron chi connectivity index (χ0n) is 18.9. The van der Waals surface area contributed by atoms with Gasteiger partial charge in [-0.25, -0.2) is 9.97 Å². The van der Waals surface area contributed by atoms with E-state index in [1.54, 1.807) is 0 Å². The molecule has 0 aliphatic rings. The number of hydrogen-bond acceptors (Lipinski definition) is 2. The summed E-state index contributed by atoms with van der Waals surface area (Å²) in [5.74, 6) is 1.10. The molecule has 2 heteroatoms. The first-order valence-corrected chi connectivity index (χ1v) is 12.1. The summed E-state index contributed by atoms with van der Waals surface area (Å²) in [4.78, 5) is 10.1. The Balaban J connectivity index is 2.94. The zero-order chi connectivity index (χ0) is 19.7. The van der Waals surface area contributed by atoms with Gasteiger partial charge in [0.05, 0.1) is 0 Å². The fraction of sp³-hybridized carbons (Fsp3) is 0.840. The molecule has 1 heterocycles. The van der Waals surface area contributed by atoms with Crippen LogP contribution in [-0.4, -0.2) is 9.97 Å². The van der Waals surface area contributed by atoms with Gasteiger partial charge in [0.1, 0.15) is 5.82 Å². The first-order chi connectivity index (χ1) is 13.3. The van der Waals surface area contributed by atoms with E-state index in [1.165, 1.54) is 100 Å². The van der Waals surface area contributed by atoms with E-state index in [0.717, 1.165) is 31.5 Å². The standard InChI is InChI=1S/C25H46N2/c1-5-9-12-15-19-22-23(20-16-13-10-6-2)26-25(18-8-4)27-24(22)21-17-14-11-7-3/h5-21H2,1-4H3. The summed E-state index contributed by atoms with van der Waals surface area (Å²) in [5.41, 5.74) is 4.32. The molecule has 0 aliphatic carbocycles. The van der Waals surface area contributed by atoms with Crippen LogP contribution in [0.1, 0.15) is 134 Å². The fourth-order valence-electron chi connectivity index (χ4n) is 3.84. The van der Waals surface area contributed by atoms with Crippen molar-refractivity contribution in [3.63, 3.8) is 0 Å². The van der Waals surface area contributed by atoms with E-state index in [-0.39, 0.29) is 0 Å². The average Bonchev–Trinajstić information content (AvgIpc) is 2.67. The molecule has 0 atom stereocenters. The monoisotopic (exact) mass is 374 g/mol. The predicted octanol–water partition coefficient (Wildman–Crippen LogP) is 7.80. The molecule has 156 valence electrons. The van der Waals surface area contributed by atoms with Crippen molar-refractivity contribution < 1.29 is 0 Å². The van der Waals surface area contributed by atoms with Gasteiger partial charge >= 0.3 is 0 Å². The van der Waals surface area contributed by atoms with Crippen molar-refractivity contribution in [3.8, 4) is 0 Å². The van der Waals surface area contributed by atoms with Crippen LogP contribution in [0.15, 0.2) is 0 Å². The third-order valence-electron chi connectivity index (χ3n) is 5.51. The molecule has 0 aromatic carbocycles. The largest absolute Gasteiger partial charge is 0.238 e. The van der Waals surface area contributed by atoms with Crippen molar-refractivity contribution in [1.29, 1.82) is 0 Å². The first kappa shape index (κ1) is 24.1. The summed E-state index contributed by atoms with van der Waals surface area (Å²) in [7, 11) is 0. The minimum atomic E-state index is 1.03. The number of unbranched alkanes of at least 4 members (excludes halogenated alkanes) is 9. The summed E-state index contributed by atoms with van der Waals surface area (Å²) in [6, 6.07) is 0. The van der Waals surface area contributed by atoms with Crippen molar-refractivity contribution >= 4 is 0 Å². The molecule has 0 fully saturated rings. The van der Waals surface area contributed by atoms with E-state index in [1.807, 2.05) is 0 Å². The molecule has 0 spiro atoms. The van der Waals surface area contributed by atoms with E-state index in [4.69, 9.17) is 9.97 Å². The van der Waals surface area contributed by atoms with Crippen LogP contribution in [0.5, 0.6) is 0 Å². The second-order valence-corrected chi connectivity index (χ2v) is 8.19. The van der Waals surface area contributed by atoms with Gasteiger partial charge in [0.2, 0.25) is 0 Å². The van der Waals surface area contributed by atoms with Crippen LogP contribution in [0.25, 0.3) is 0 Å². The molecular formula is C25H46N2. The van der Waals surface area contributed by atoms with Crippen LogP contribution in [-0.2, 0) is 25.7 Å². The highest BCUT2D eigenvalue weighted by molar-refractivity contribution is 5.27. The molecule has 2 nitrogen and oxygen atoms in total. The van der Waals surface area contributed by atoms with Crippen LogP contribution < -0.4 is 0 Å². The summed E-state index contributed by atoms with van der Waals surface area (Å²) < 4.78 is 0. The van der Waals surface area contributed by atoms with Gasteiger partial charge in [0, 0.05) is 17.8 Å². The highest BCUT2D eigenvalue weighted by Crippen LogP contribution is 2.21. The van der Waals surface area contributed by atoms with E-state index in [2.05, 4.69) is 27.7 Å². The number of hydrogen-bond donors (Lipinski definition) is 0. The smallest absolute Gasteiger partial charge is 0.128 e. The van der Waals surface area contributed by atoms with E-state index < -0.39 is 0 Å². The van der Waals surface area contributed by atoms with E-state index in [9.17, 15) is 0 Å². The van der Waals surface area contributed by atoms with Gasteiger partial charge in [-0.3, -0.25) is 0 Å². The van der Waals surface area contributed by atoms with Crippen LogP contribution in [0.3, 0.4) is 0 Å². The lowest BCUT2D eigenvalue weighted by molar-refractivity contribution is 0.619. The van der Waals surface area contributed by atoms with Crippen LogP contribution in [0.4, 0.5) is 0 Å². The second kappa shape index (κ2) is 16.1. The van der Waals surface area contributed by atoms with Crippen molar-refractivity contribution in [1.82, 2.24) is 9.97 Å². The maximum Gasteiger partial charge on any atom is 0.128 e. The lowest BCUT2D eigenvalue weighted by atomic mass is 9.96. The summed E-state index contributed by atoms with van der Waals surface area (Å²) in [6.45, 7) is 9.11. The molecule has 0 aliphatic heterocycles. The molecule has 0 amide bonds. The molecule has 1 rings (SSSR count). The average molecular weight is 375 g/mol. The van der Waals surface area contributed by atoms with Gasteiger partial charge in [0.15, 0.2) is 0 Å². The molecule has 0 radical (unpaired) electrons. The van der Waals surface area contributed by atoms with Crippen molar-refractivity contribution in [2.45, 2.75) is 137 Å². The highest BCUT2D eigenvalue weighted by atomic mass is 14.9. The third kappa shape index (κ3) is 10.3. The molecule has 1 aromatic rings. The lowest BCUT2D eigenvalue weighted by Gasteiger charge is -2.16. The number of aromatic nitrogens is 2. The molecule has 27 heavy (non-hydrogen) atoms. The molecule has 1 aromatic heterocycles. The quantitative estimate of drug-likeness (QED) is 0.260. The Bertz CT molecular complexity index is 448. The van der Waals surface area contributed by atoms with Gasteiger partial charge in [-0.15, -0.1) is 0 Å². The minimum Gasteiger partial charge on any atom is -0.238 e. The molecule has 0 unspecified atom stereocenters. The first-order valence-electron chi connectivity index (χ1n) is 12.1. The molecular weight excluding hydrogens is 328 g/mol. The van der Waals surface area contributed by atoms with Crippen LogP contribution >= 0.6 is 0 Å². The topological polar surface area (TPSA) is 25.8 Å². The molecule has 0 saturated carbocycles. The zero-order valence-corrected chi connectivity index (χ0v) is 18.9. The Morgan fingerprint density at radius 2 is 0.889 bits per heavy atom. The Morgan fingerprint density at radius 3 is 1.30 bits per heavy atom. The fourth-order valence-corrected chi connectivity index (χ4v) is 3.84. The van der Waals surface area contributed by atoms with E-state index in [0.29, 0.717) is 0 Å². The van der Waals surface area contributed by atoms with Crippen molar-refractivity contribution in [2.75, 3.05) is 0 Å². The van der Waals surface area contributed by atoms with Crippen LogP contribution in [0.2, 0.25) is 0 Å². The maximum atomic E-state index is 5.05. The summed E-state index contributed by atoms with van der Waals surface area (Å²) >= 11 is 0. The minimum absolute atomic E-state index is 1.03. The highest BCUT2D eigenvalue weighted by Gasteiger charge is 2.14. The predicted molar refractivity (Wildman–Crippen MR) is 120 cm³/mol. The molecule has 0 saturated heterocycles. The Morgan fingerprint density at radius 1 is 0.444 bits per heavy atom. The summed E-state index contributed by atoms with van der Waals surface area (Å²) in [5, 5.41) is 0. The third-order valence-corrected chi connectivity index (χ3v) is 5.51. The SMILES string of the molecule is CCCCCCc1nc(CCC)nc(CCCCCC)c1CCCCCC. The van der Waals surface area contributed by atoms with Gasteiger partial charge in [0.25, 0.3) is 0 Å². The lowest BCUT2D eigenvalue weighted by Crippen LogP contribution is -2.11. The Kier molecular flexibility index (Phi) is 14.4.